The van der Waals surface area contributed by atoms with Crippen molar-refractivity contribution in [2.24, 2.45) is 5.92 Å². The Morgan fingerprint density at radius 3 is 2.41 bits per heavy atom. The highest BCUT2D eigenvalue weighted by molar-refractivity contribution is 7.58. The number of carboxylic acids is 2. The number of hydrogen-bond acceptors (Lipinski definition) is 5. The lowest BCUT2D eigenvalue weighted by Gasteiger charge is -2.32. The molecule has 1 aromatic carbocycles. The van der Waals surface area contributed by atoms with E-state index in [1.165, 1.54) is 11.8 Å². The van der Waals surface area contributed by atoms with Gasteiger partial charge in [-0.1, -0.05) is 30.3 Å². The minimum Gasteiger partial charge on any atom is -0.481 e. The average molecular weight is 468 g/mol. The number of likely N-dealkylation sites (tertiary alicyclic amines) is 1. The zero-order valence-corrected chi connectivity index (χ0v) is 18.7. The van der Waals surface area contributed by atoms with Gasteiger partial charge in [-0.05, 0) is 31.2 Å². The van der Waals surface area contributed by atoms with Gasteiger partial charge in [-0.25, -0.2) is 0 Å². The van der Waals surface area contributed by atoms with Gasteiger partial charge in [0.25, 0.3) is 0 Å². The lowest BCUT2D eigenvalue weighted by molar-refractivity contribution is -0.141. The molecule has 0 spiro atoms. The van der Waals surface area contributed by atoms with E-state index in [2.05, 4.69) is 5.32 Å². The fourth-order valence-electron chi connectivity index (χ4n) is 3.96. The summed E-state index contributed by atoms with van der Waals surface area (Å²) in [5.41, 5.74) is 0.721. The van der Waals surface area contributed by atoms with Crippen molar-refractivity contribution in [1.82, 2.24) is 10.2 Å². The van der Waals surface area contributed by atoms with Crippen LogP contribution in [-0.4, -0.2) is 68.3 Å². The molecular weight excluding hydrogens is 439 g/mol. The van der Waals surface area contributed by atoms with Gasteiger partial charge in [-0.3, -0.25) is 23.7 Å². The third-order valence-electron chi connectivity index (χ3n) is 5.45. The minimum atomic E-state index is -4.11. The fraction of sp³-hybridized carbons (Fsp3) is 0.524. The Labute approximate surface area is 186 Å². The van der Waals surface area contributed by atoms with Crippen LogP contribution in [0.2, 0.25) is 0 Å². The zero-order valence-electron chi connectivity index (χ0n) is 17.8. The van der Waals surface area contributed by atoms with Gasteiger partial charge in [0.15, 0.2) is 0 Å². The van der Waals surface area contributed by atoms with Gasteiger partial charge in [0.1, 0.15) is 11.8 Å². The maximum atomic E-state index is 13.3. The Morgan fingerprint density at radius 2 is 1.84 bits per heavy atom. The predicted molar refractivity (Wildman–Crippen MR) is 115 cm³/mol. The van der Waals surface area contributed by atoms with Crippen molar-refractivity contribution in [1.29, 1.82) is 0 Å². The molecule has 1 aromatic rings. The van der Waals surface area contributed by atoms with Crippen molar-refractivity contribution in [2.45, 2.75) is 50.9 Å². The SMILES string of the molecule is CC(=O)N[C@@H](CCC(=O)O)C(=O)N1CCC[C@@H]1P(=O)(O)C[C@@H](Cc1ccccc1)C(=O)O. The monoisotopic (exact) mass is 468 g/mol. The molecule has 0 radical (unpaired) electrons. The molecule has 11 heteroatoms. The molecule has 1 heterocycles. The van der Waals surface area contributed by atoms with E-state index in [1.807, 2.05) is 0 Å². The first-order valence-corrected chi connectivity index (χ1v) is 12.3. The second kappa shape index (κ2) is 11.2. The van der Waals surface area contributed by atoms with Gasteiger partial charge >= 0.3 is 11.9 Å². The molecule has 0 bridgehead atoms. The number of nitrogens with one attached hydrogen (secondary N) is 1. The molecule has 0 saturated carbocycles. The van der Waals surface area contributed by atoms with Gasteiger partial charge in [0, 0.05) is 26.1 Å². The van der Waals surface area contributed by atoms with Crippen molar-refractivity contribution in [3.63, 3.8) is 0 Å². The van der Waals surface area contributed by atoms with Crippen LogP contribution in [0.25, 0.3) is 0 Å². The van der Waals surface area contributed by atoms with Gasteiger partial charge in [-0.15, -0.1) is 0 Å². The number of hydrogen-bond donors (Lipinski definition) is 4. The summed E-state index contributed by atoms with van der Waals surface area (Å²) in [4.78, 5) is 59.2. The van der Waals surface area contributed by atoms with Gasteiger partial charge in [-0.2, -0.15) is 0 Å². The first-order chi connectivity index (χ1) is 15.0. The largest absolute Gasteiger partial charge is 0.481 e. The molecule has 1 unspecified atom stereocenters. The molecule has 1 aliphatic rings. The normalized spacial score (nSPS) is 19.6. The molecule has 2 amide bonds. The first-order valence-electron chi connectivity index (χ1n) is 10.4. The maximum absolute atomic E-state index is 13.3. The summed E-state index contributed by atoms with van der Waals surface area (Å²) in [5, 5.41) is 20.9. The third kappa shape index (κ3) is 7.17. The Balaban J connectivity index is 2.18. The standard InChI is InChI=1S/C21H29N2O8P/c1-14(24)22-17(9-10-19(25)26)20(27)23-11-5-8-18(23)32(30,31)13-16(21(28)29)12-15-6-3-2-4-7-15/h2-4,6-7,16-18H,5,8-13H2,1H3,(H,22,24)(H,25,26)(H,28,29)(H,30,31)/t16-,17+,18+/m1/s1. The molecule has 2 rings (SSSR count). The highest BCUT2D eigenvalue weighted by Gasteiger charge is 2.45. The highest BCUT2D eigenvalue weighted by Crippen LogP contribution is 2.53. The number of carbonyl (C=O) groups excluding carboxylic acids is 2. The van der Waals surface area contributed by atoms with Crippen LogP contribution < -0.4 is 5.32 Å². The molecule has 1 aliphatic heterocycles. The molecule has 1 saturated heterocycles. The number of amides is 2. The fourth-order valence-corrected chi connectivity index (χ4v) is 6.37. The van der Waals surface area contributed by atoms with Crippen LogP contribution in [0, 0.1) is 5.92 Å². The van der Waals surface area contributed by atoms with Crippen LogP contribution in [0.3, 0.4) is 0 Å². The van der Waals surface area contributed by atoms with Gasteiger partial charge < -0.3 is 25.3 Å². The smallest absolute Gasteiger partial charge is 0.307 e. The van der Waals surface area contributed by atoms with E-state index >= 15 is 0 Å². The number of nitrogens with zero attached hydrogens (tertiary/aromatic N) is 1. The second-order valence-corrected chi connectivity index (χ2v) is 10.5. The van der Waals surface area contributed by atoms with Crippen LogP contribution in [0.15, 0.2) is 30.3 Å². The Kier molecular flexibility index (Phi) is 8.98. The number of carbonyl (C=O) groups is 4. The van der Waals surface area contributed by atoms with Crippen LogP contribution >= 0.6 is 7.37 Å². The number of benzene rings is 1. The van der Waals surface area contributed by atoms with E-state index in [0.717, 1.165) is 5.56 Å². The summed E-state index contributed by atoms with van der Waals surface area (Å²) < 4.78 is 13.3. The molecule has 176 valence electrons. The van der Waals surface area contributed by atoms with E-state index < -0.39 is 55.0 Å². The molecule has 4 N–H and O–H groups in total. The van der Waals surface area contributed by atoms with Gasteiger partial charge in [0.05, 0.1) is 5.92 Å². The lowest BCUT2D eigenvalue weighted by atomic mass is 10.0. The van der Waals surface area contributed by atoms with Crippen molar-refractivity contribution >= 4 is 31.1 Å². The van der Waals surface area contributed by atoms with Crippen LogP contribution in [0.1, 0.15) is 38.2 Å². The second-order valence-electron chi connectivity index (χ2n) is 8.00. The van der Waals surface area contributed by atoms with Crippen molar-refractivity contribution in [3.05, 3.63) is 35.9 Å². The Bertz CT molecular complexity index is 891. The minimum absolute atomic E-state index is 0.0779. The summed E-state index contributed by atoms with van der Waals surface area (Å²) in [6.45, 7) is 1.37. The number of carboxylic acid groups (broad SMARTS) is 2. The quantitative estimate of drug-likeness (QED) is 0.355. The summed E-state index contributed by atoms with van der Waals surface area (Å²) in [5.74, 6) is -5.67. The predicted octanol–water partition coefficient (Wildman–Crippen LogP) is 1.52. The van der Waals surface area contributed by atoms with Crippen LogP contribution in [0.4, 0.5) is 0 Å². The topological polar surface area (TPSA) is 161 Å². The molecule has 10 nitrogen and oxygen atoms in total. The van der Waals surface area contributed by atoms with Crippen molar-refractivity contribution in [2.75, 3.05) is 12.7 Å². The molecule has 0 aromatic heterocycles. The third-order valence-corrected chi connectivity index (χ3v) is 7.88. The van der Waals surface area contributed by atoms with Crippen molar-refractivity contribution < 1.29 is 38.8 Å². The molecule has 0 aliphatic carbocycles. The van der Waals surface area contributed by atoms with E-state index in [9.17, 15) is 33.7 Å². The van der Waals surface area contributed by atoms with Crippen LogP contribution in [0.5, 0.6) is 0 Å². The average Bonchev–Trinajstić information content (AvgIpc) is 3.21. The maximum Gasteiger partial charge on any atom is 0.307 e. The zero-order chi connectivity index (χ0) is 23.9. The Hall–Kier alpha value is -2.71. The Morgan fingerprint density at radius 1 is 1.19 bits per heavy atom. The summed E-state index contributed by atoms with van der Waals surface area (Å²) in [6, 6.07) is 7.64. The van der Waals surface area contributed by atoms with Crippen molar-refractivity contribution in [3.8, 4) is 0 Å². The highest BCUT2D eigenvalue weighted by atomic mass is 31.2. The summed E-state index contributed by atoms with van der Waals surface area (Å²) in [7, 11) is -4.11. The molecule has 1 fully saturated rings. The first kappa shape index (κ1) is 25.5. The van der Waals surface area contributed by atoms with E-state index in [4.69, 9.17) is 5.11 Å². The summed E-state index contributed by atoms with van der Waals surface area (Å²) in [6.07, 6.45) is -0.255. The molecule has 32 heavy (non-hydrogen) atoms. The molecular formula is C21H29N2O8P. The molecule has 4 atom stereocenters. The van der Waals surface area contributed by atoms with E-state index in [1.54, 1.807) is 30.3 Å². The van der Waals surface area contributed by atoms with Gasteiger partial charge in [0.2, 0.25) is 19.2 Å². The van der Waals surface area contributed by atoms with E-state index in [0.29, 0.717) is 6.42 Å². The number of aliphatic carboxylic acids is 2. The van der Waals surface area contributed by atoms with E-state index in [-0.39, 0.29) is 32.2 Å². The lowest BCUT2D eigenvalue weighted by Crippen LogP contribution is -2.50. The summed E-state index contributed by atoms with van der Waals surface area (Å²) >= 11 is 0. The number of rotatable bonds is 11. The van der Waals surface area contributed by atoms with Crippen LogP contribution in [-0.2, 0) is 30.2 Å².